The van der Waals surface area contributed by atoms with E-state index < -0.39 is 0 Å². The molecule has 0 unspecified atom stereocenters. The minimum absolute atomic E-state index is 0.00640. The fourth-order valence-electron chi connectivity index (χ4n) is 2.94. The second-order valence-corrected chi connectivity index (χ2v) is 7.76. The van der Waals surface area contributed by atoms with E-state index >= 15 is 0 Å². The molecule has 0 fully saturated rings. The quantitative estimate of drug-likeness (QED) is 0.682. The summed E-state index contributed by atoms with van der Waals surface area (Å²) in [6.45, 7) is 12.3. The number of hydrogen-bond acceptors (Lipinski definition) is 2. The third-order valence-electron chi connectivity index (χ3n) is 4.21. The Hall–Kier alpha value is -1.81. The fraction of sp³-hybridized carbons (Fsp3) is 0.381. The first kappa shape index (κ1) is 19.5. The van der Waals surface area contributed by atoms with E-state index in [2.05, 4.69) is 60.2 Å². The molecular formula is C21H26BrNO2. The lowest BCUT2D eigenvalue weighted by Crippen LogP contribution is -2.21. The van der Waals surface area contributed by atoms with Crippen LogP contribution in [-0.4, -0.2) is 12.5 Å². The molecule has 2 aromatic rings. The van der Waals surface area contributed by atoms with Crippen LogP contribution in [0.4, 0.5) is 5.69 Å². The summed E-state index contributed by atoms with van der Waals surface area (Å²) in [6.07, 6.45) is 0. The molecular weight excluding hydrogens is 378 g/mol. The molecule has 4 heteroatoms. The van der Waals surface area contributed by atoms with E-state index in [1.54, 1.807) is 0 Å². The molecule has 0 heterocycles. The summed E-state index contributed by atoms with van der Waals surface area (Å²) >= 11 is 3.56. The van der Waals surface area contributed by atoms with Gasteiger partial charge >= 0.3 is 0 Å². The van der Waals surface area contributed by atoms with E-state index in [0.29, 0.717) is 5.92 Å². The highest BCUT2D eigenvalue weighted by Gasteiger charge is 2.14. The van der Waals surface area contributed by atoms with Crippen molar-refractivity contribution in [1.82, 2.24) is 0 Å². The summed E-state index contributed by atoms with van der Waals surface area (Å²) < 4.78 is 6.89. The van der Waals surface area contributed by atoms with Gasteiger partial charge in [-0.2, -0.15) is 0 Å². The Balaban J connectivity index is 2.12. The summed E-state index contributed by atoms with van der Waals surface area (Å²) in [4.78, 5) is 12.4. The number of ether oxygens (including phenoxy) is 1. The minimum atomic E-state index is -0.148. The molecule has 1 N–H and O–H groups in total. The van der Waals surface area contributed by atoms with Crippen LogP contribution in [0.3, 0.4) is 0 Å². The molecule has 0 radical (unpaired) electrons. The molecule has 0 aliphatic heterocycles. The summed E-state index contributed by atoms with van der Waals surface area (Å²) in [5.74, 6) is 0.935. The van der Waals surface area contributed by atoms with Crippen molar-refractivity contribution in [3.63, 3.8) is 0 Å². The van der Waals surface area contributed by atoms with Gasteiger partial charge in [0.05, 0.1) is 0 Å². The highest BCUT2D eigenvalue weighted by atomic mass is 79.9. The zero-order valence-electron chi connectivity index (χ0n) is 15.8. The smallest absolute Gasteiger partial charge is 0.262 e. The molecule has 134 valence electrons. The highest BCUT2D eigenvalue weighted by molar-refractivity contribution is 9.10. The fourth-order valence-corrected chi connectivity index (χ4v) is 3.30. The van der Waals surface area contributed by atoms with Gasteiger partial charge in [-0.05, 0) is 68.0 Å². The highest BCUT2D eigenvalue weighted by Crippen LogP contribution is 2.32. The lowest BCUT2D eigenvalue weighted by molar-refractivity contribution is -0.118. The van der Waals surface area contributed by atoms with Gasteiger partial charge in [0.15, 0.2) is 6.61 Å². The van der Waals surface area contributed by atoms with Gasteiger partial charge in [-0.25, -0.2) is 0 Å². The monoisotopic (exact) mass is 403 g/mol. The van der Waals surface area contributed by atoms with Crippen LogP contribution >= 0.6 is 15.9 Å². The van der Waals surface area contributed by atoms with E-state index in [0.717, 1.165) is 38.2 Å². The summed E-state index contributed by atoms with van der Waals surface area (Å²) in [6, 6.07) is 8.19. The van der Waals surface area contributed by atoms with E-state index in [4.69, 9.17) is 4.74 Å². The van der Waals surface area contributed by atoms with Crippen molar-refractivity contribution in [3.05, 3.63) is 56.6 Å². The van der Waals surface area contributed by atoms with Crippen LogP contribution in [0.2, 0.25) is 0 Å². The van der Waals surface area contributed by atoms with Crippen molar-refractivity contribution in [2.24, 2.45) is 0 Å². The standard InChI is InChI=1S/C21H26BrNO2/c1-12(2)17-10-18(22)14(4)9-19(17)25-11-20(24)23-21-15(5)7-13(3)8-16(21)6/h7-10,12H,11H2,1-6H3,(H,23,24). The average Bonchev–Trinajstić information content (AvgIpc) is 2.51. The molecule has 1 amide bonds. The maximum atomic E-state index is 12.4. The maximum absolute atomic E-state index is 12.4. The molecule has 0 saturated carbocycles. The van der Waals surface area contributed by atoms with Crippen molar-refractivity contribution in [2.45, 2.75) is 47.5 Å². The first-order valence-electron chi connectivity index (χ1n) is 8.49. The van der Waals surface area contributed by atoms with Crippen LogP contribution in [0, 0.1) is 27.7 Å². The predicted octanol–water partition coefficient (Wildman–Crippen LogP) is 5.82. The van der Waals surface area contributed by atoms with Crippen LogP contribution in [-0.2, 0) is 4.79 Å². The molecule has 0 bridgehead atoms. The number of hydrogen-bond donors (Lipinski definition) is 1. The van der Waals surface area contributed by atoms with E-state index in [-0.39, 0.29) is 12.5 Å². The first-order chi connectivity index (χ1) is 11.7. The molecule has 0 aliphatic carbocycles. The number of halogens is 1. The molecule has 25 heavy (non-hydrogen) atoms. The molecule has 0 aromatic heterocycles. The number of nitrogens with one attached hydrogen (secondary N) is 1. The van der Waals surface area contributed by atoms with Crippen LogP contribution in [0.5, 0.6) is 5.75 Å². The van der Waals surface area contributed by atoms with Gasteiger partial charge in [-0.1, -0.05) is 47.5 Å². The lowest BCUT2D eigenvalue weighted by atomic mass is 10.0. The average molecular weight is 404 g/mol. The van der Waals surface area contributed by atoms with Gasteiger partial charge < -0.3 is 10.1 Å². The number of carbonyl (C=O) groups excluding carboxylic acids is 1. The second-order valence-electron chi connectivity index (χ2n) is 6.90. The molecule has 3 nitrogen and oxygen atoms in total. The van der Waals surface area contributed by atoms with Crippen molar-refractivity contribution >= 4 is 27.5 Å². The van der Waals surface area contributed by atoms with Gasteiger partial charge in [0.1, 0.15) is 5.75 Å². The lowest BCUT2D eigenvalue weighted by Gasteiger charge is -2.17. The van der Waals surface area contributed by atoms with Gasteiger partial charge in [0, 0.05) is 10.2 Å². The Labute approximate surface area is 158 Å². The van der Waals surface area contributed by atoms with Crippen molar-refractivity contribution in [1.29, 1.82) is 0 Å². The van der Waals surface area contributed by atoms with Crippen molar-refractivity contribution in [3.8, 4) is 5.75 Å². The van der Waals surface area contributed by atoms with Crippen molar-refractivity contribution < 1.29 is 9.53 Å². The van der Waals surface area contributed by atoms with Gasteiger partial charge in [0.25, 0.3) is 5.91 Å². The van der Waals surface area contributed by atoms with Crippen LogP contribution in [0.1, 0.15) is 47.6 Å². The number of rotatable bonds is 5. The van der Waals surface area contributed by atoms with Gasteiger partial charge in [-0.3, -0.25) is 4.79 Å². The Morgan fingerprint density at radius 2 is 1.64 bits per heavy atom. The number of carbonyl (C=O) groups is 1. The topological polar surface area (TPSA) is 38.3 Å². The second kappa shape index (κ2) is 8.05. The number of amides is 1. The molecule has 0 aliphatic rings. The van der Waals surface area contributed by atoms with Crippen LogP contribution in [0.25, 0.3) is 0 Å². The normalized spacial score (nSPS) is 10.9. The van der Waals surface area contributed by atoms with Crippen LogP contribution in [0.15, 0.2) is 28.7 Å². The maximum Gasteiger partial charge on any atom is 0.262 e. The zero-order chi connectivity index (χ0) is 18.7. The Morgan fingerprint density at radius 3 is 2.20 bits per heavy atom. The molecule has 0 spiro atoms. The first-order valence-corrected chi connectivity index (χ1v) is 9.29. The third kappa shape index (κ3) is 4.85. The van der Waals surface area contributed by atoms with E-state index in [9.17, 15) is 4.79 Å². The zero-order valence-corrected chi connectivity index (χ0v) is 17.4. The summed E-state index contributed by atoms with van der Waals surface area (Å²) in [5, 5.41) is 2.98. The molecule has 2 rings (SSSR count). The molecule has 0 atom stereocenters. The number of aryl methyl sites for hydroxylation is 4. The molecule has 2 aromatic carbocycles. The molecule has 0 saturated heterocycles. The van der Waals surface area contributed by atoms with E-state index in [1.165, 1.54) is 5.56 Å². The summed E-state index contributed by atoms with van der Waals surface area (Å²) in [7, 11) is 0. The van der Waals surface area contributed by atoms with Gasteiger partial charge in [-0.15, -0.1) is 0 Å². The number of benzene rings is 2. The summed E-state index contributed by atoms with van der Waals surface area (Å²) in [5.41, 5.74) is 6.37. The minimum Gasteiger partial charge on any atom is -0.483 e. The Bertz CT molecular complexity index is 774. The Kier molecular flexibility index (Phi) is 6.28. The third-order valence-corrected chi connectivity index (χ3v) is 5.07. The van der Waals surface area contributed by atoms with E-state index in [1.807, 2.05) is 26.8 Å². The predicted molar refractivity (Wildman–Crippen MR) is 108 cm³/mol. The largest absolute Gasteiger partial charge is 0.483 e. The van der Waals surface area contributed by atoms with Gasteiger partial charge in [0.2, 0.25) is 0 Å². The SMILES string of the molecule is Cc1cc(C)c(NC(=O)COc2cc(C)c(Br)cc2C(C)C)c(C)c1. The van der Waals surface area contributed by atoms with Crippen LogP contribution < -0.4 is 10.1 Å². The van der Waals surface area contributed by atoms with Crippen molar-refractivity contribution in [2.75, 3.05) is 11.9 Å². The number of anilines is 1. The Morgan fingerprint density at radius 1 is 1.04 bits per heavy atom.